The fourth-order valence-corrected chi connectivity index (χ4v) is 2.81. The minimum absolute atomic E-state index is 0.747. The quantitative estimate of drug-likeness (QED) is 0.858. The SMILES string of the molecule is CNC1CCC(N(C)Cc2ccccc2)CC1. The second kappa shape index (κ2) is 6.18. The molecule has 2 heteroatoms. The van der Waals surface area contributed by atoms with E-state index in [0.29, 0.717) is 0 Å². The molecule has 1 aromatic rings. The van der Waals surface area contributed by atoms with E-state index in [1.165, 1.54) is 31.2 Å². The number of rotatable bonds is 4. The zero-order chi connectivity index (χ0) is 12.1. The van der Waals surface area contributed by atoms with Gasteiger partial charge in [-0.2, -0.15) is 0 Å². The normalized spacial score (nSPS) is 25.1. The van der Waals surface area contributed by atoms with Crippen molar-refractivity contribution < 1.29 is 0 Å². The monoisotopic (exact) mass is 232 g/mol. The molecule has 0 aromatic heterocycles. The summed E-state index contributed by atoms with van der Waals surface area (Å²) in [5.41, 5.74) is 1.42. The number of hydrogen-bond acceptors (Lipinski definition) is 2. The summed E-state index contributed by atoms with van der Waals surface area (Å²) in [5, 5.41) is 3.39. The van der Waals surface area contributed by atoms with Gasteiger partial charge in [-0.05, 0) is 45.3 Å². The molecule has 1 N–H and O–H groups in total. The van der Waals surface area contributed by atoms with Crippen molar-refractivity contribution in [2.75, 3.05) is 14.1 Å². The van der Waals surface area contributed by atoms with E-state index in [9.17, 15) is 0 Å². The first-order valence-electron chi connectivity index (χ1n) is 6.71. The van der Waals surface area contributed by atoms with Crippen LogP contribution in [0.3, 0.4) is 0 Å². The van der Waals surface area contributed by atoms with Crippen molar-refractivity contribution in [3.8, 4) is 0 Å². The predicted octanol–water partition coefficient (Wildman–Crippen LogP) is 2.65. The molecular weight excluding hydrogens is 208 g/mol. The highest BCUT2D eigenvalue weighted by Gasteiger charge is 2.22. The largest absolute Gasteiger partial charge is 0.317 e. The highest BCUT2D eigenvalue weighted by molar-refractivity contribution is 5.14. The lowest BCUT2D eigenvalue weighted by molar-refractivity contribution is 0.170. The van der Waals surface area contributed by atoms with Gasteiger partial charge >= 0.3 is 0 Å². The Bertz CT molecular complexity index is 315. The second-order valence-electron chi connectivity index (χ2n) is 5.19. The van der Waals surface area contributed by atoms with Crippen LogP contribution in [-0.4, -0.2) is 31.1 Å². The van der Waals surface area contributed by atoms with Crippen molar-refractivity contribution in [1.29, 1.82) is 0 Å². The van der Waals surface area contributed by atoms with E-state index in [1.807, 2.05) is 0 Å². The highest BCUT2D eigenvalue weighted by Crippen LogP contribution is 2.23. The molecule has 0 amide bonds. The summed E-state index contributed by atoms with van der Waals surface area (Å²) in [6, 6.07) is 12.3. The van der Waals surface area contributed by atoms with Gasteiger partial charge in [0.05, 0.1) is 0 Å². The lowest BCUT2D eigenvalue weighted by atomic mass is 9.90. The van der Waals surface area contributed by atoms with Crippen LogP contribution < -0.4 is 5.32 Å². The third-order valence-electron chi connectivity index (χ3n) is 4.00. The van der Waals surface area contributed by atoms with Crippen molar-refractivity contribution in [3.63, 3.8) is 0 Å². The summed E-state index contributed by atoms with van der Waals surface area (Å²) in [4.78, 5) is 2.52. The van der Waals surface area contributed by atoms with Crippen molar-refractivity contribution in [3.05, 3.63) is 35.9 Å². The first-order valence-corrected chi connectivity index (χ1v) is 6.71. The lowest BCUT2D eigenvalue weighted by Gasteiger charge is -2.34. The average Bonchev–Trinajstić information content (AvgIpc) is 2.40. The maximum atomic E-state index is 3.39. The van der Waals surface area contributed by atoms with Crippen molar-refractivity contribution >= 4 is 0 Å². The molecule has 0 heterocycles. The Balaban J connectivity index is 1.83. The Morgan fingerprint density at radius 3 is 2.35 bits per heavy atom. The van der Waals surface area contributed by atoms with Crippen molar-refractivity contribution in [1.82, 2.24) is 10.2 Å². The van der Waals surface area contributed by atoms with Crippen LogP contribution in [0.1, 0.15) is 31.2 Å². The Labute approximate surface area is 105 Å². The summed E-state index contributed by atoms with van der Waals surface area (Å²) >= 11 is 0. The van der Waals surface area contributed by atoms with E-state index in [0.717, 1.165) is 18.6 Å². The van der Waals surface area contributed by atoms with Crippen LogP contribution in [-0.2, 0) is 6.54 Å². The van der Waals surface area contributed by atoms with Crippen LogP contribution in [0, 0.1) is 0 Å². The summed E-state index contributed by atoms with van der Waals surface area (Å²) in [5.74, 6) is 0. The molecule has 94 valence electrons. The summed E-state index contributed by atoms with van der Waals surface area (Å²) in [6.07, 6.45) is 5.30. The van der Waals surface area contributed by atoms with Gasteiger partial charge in [-0.15, -0.1) is 0 Å². The third-order valence-corrected chi connectivity index (χ3v) is 4.00. The molecule has 17 heavy (non-hydrogen) atoms. The Kier molecular flexibility index (Phi) is 4.57. The van der Waals surface area contributed by atoms with Gasteiger partial charge in [0, 0.05) is 18.6 Å². The molecule has 2 rings (SSSR count). The maximum absolute atomic E-state index is 3.39. The van der Waals surface area contributed by atoms with Crippen LogP contribution in [0.2, 0.25) is 0 Å². The topological polar surface area (TPSA) is 15.3 Å². The number of hydrogen-bond donors (Lipinski definition) is 1. The van der Waals surface area contributed by atoms with Gasteiger partial charge in [-0.25, -0.2) is 0 Å². The smallest absolute Gasteiger partial charge is 0.0233 e. The van der Waals surface area contributed by atoms with Crippen LogP contribution in [0.15, 0.2) is 30.3 Å². The minimum atomic E-state index is 0.747. The molecule has 1 aliphatic rings. The zero-order valence-electron chi connectivity index (χ0n) is 11.0. The number of nitrogens with one attached hydrogen (secondary N) is 1. The predicted molar refractivity (Wildman–Crippen MR) is 73.0 cm³/mol. The Morgan fingerprint density at radius 2 is 1.76 bits per heavy atom. The van der Waals surface area contributed by atoms with Gasteiger partial charge in [-0.1, -0.05) is 30.3 Å². The molecule has 1 fully saturated rings. The molecule has 2 nitrogen and oxygen atoms in total. The van der Waals surface area contributed by atoms with E-state index >= 15 is 0 Å². The molecule has 0 radical (unpaired) electrons. The second-order valence-corrected chi connectivity index (χ2v) is 5.19. The van der Waals surface area contributed by atoms with E-state index in [2.05, 4.69) is 54.6 Å². The molecule has 0 spiro atoms. The third kappa shape index (κ3) is 3.55. The van der Waals surface area contributed by atoms with Gasteiger partial charge in [0.25, 0.3) is 0 Å². The molecule has 1 aromatic carbocycles. The van der Waals surface area contributed by atoms with E-state index in [-0.39, 0.29) is 0 Å². The van der Waals surface area contributed by atoms with Crippen molar-refractivity contribution in [2.45, 2.75) is 44.3 Å². The maximum Gasteiger partial charge on any atom is 0.0233 e. The Morgan fingerprint density at radius 1 is 1.12 bits per heavy atom. The molecule has 1 aliphatic carbocycles. The number of benzene rings is 1. The highest BCUT2D eigenvalue weighted by atomic mass is 15.1. The van der Waals surface area contributed by atoms with E-state index in [1.54, 1.807) is 0 Å². The van der Waals surface area contributed by atoms with Crippen LogP contribution >= 0.6 is 0 Å². The standard InChI is InChI=1S/C15H24N2/c1-16-14-8-10-15(11-9-14)17(2)12-13-6-4-3-5-7-13/h3-7,14-16H,8-12H2,1-2H3. The van der Waals surface area contributed by atoms with Crippen molar-refractivity contribution in [2.24, 2.45) is 0 Å². The molecule has 0 saturated heterocycles. The zero-order valence-corrected chi connectivity index (χ0v) is 11.0. The Hall–Kier alpha value is -0.860. The number of nitrogens with zero attached hydrogens (tertiary/aromatic N) is 1. The van der Waals surface area contributed by atoms with E-state index < -0.39 is 0 Å². The molecule has 0 aliphatic heterocycles. The summed E-state index contributed by atoms with van der Waals surface area (Å²) < 4.78 is 0. The summed E-state index contributed by atoms with van der Waals surface area (Å²) in [6.45, 7) is 1.08. The fourth-order valence-electron chi connectivity index (χ4n) is 2.81. The van der Waals surface area contributed by atoms with Gasteiger partial charge < -0.3 is 5.32 Å². The molecule has 0 bridgehead atoms. The molecule has 0 unspecified atom stereocenters. The van der Waals surface area contributed by atoms with Gasteiger partial charge in [0.15, 0.2) is 0 Å². The van der Waals surface area contributed by atoms with Gasteiger partial charge in [0.2, 0.25) is 0 Å². The molecular formula is C15H24N2. The van der Waals surface area contributed by atoms with Gasteiger partial charge in [-0.3, -0.25) is 4.90 Å². The lowest BCUT2D eigenvalue weighted by Crippen LogP contribution is -2.39. The minimum Gasteiger partial charge on any atom is -0.317 e. The fraction of sp³-hybridized carbons (Fsp3) is 0.600. The van der Waals surface area contributed by atoms with E-state index in [4.69, 9.17) is 0 Å². The van der Waals surface area contributed by atoms with Crippen LogP contribution in [0.4, 0.5) is 0 Å². The van der Waals surface area contributed by atoms with Crippen LogP contribution in [0.5, 0.6) is 0 Å². The first-order chi connectivity index (χ1) is 8.29. The molecule has 1 saturated carbocycles. The molecule has 0 atom stereocenters. The first kappa shape index (κ1) is 12.6. The summed E-state index contributed by atoms with van der Waals surface area (Å²) in [7, 11) is 4.34. The average molecular weight is 232 g/mol. The van der Waals surface area contributed by atoms with Crippen LogP contribution in [0.25, 0.3) is 0 Å². The van der Waals surface area contributed by atoms with Gasteiger partial charge in [0.1, 0.15) is 0 Å².